The Kier molecular flexibility index (Phi) is 6.36. The molecule has 0 aliphatic rings. The molecule has 9 heteroatoms. The van der Waals surface area contributed by atoms with Gasteiger partial charge < -0.3 is 14.8 Å². The summed E-state index contributed by atoms with van der Waals surface area (Å²) in [6, 6.07) is 7.36. The van der Waals surface area contributed by atoms with E-state index in [-0.39, 0.29) is 17.7 Å². The number of para-hydroxylation sites is 2. The number of carbonyl (C=O) groups excluding carboxylic acids is 1. The van der Waals surface area contributed by atoms with Crippen LogP contribution < -0.4 is 10.1 Å². The van der Waals surface area contributed by atoms with Gasteiger partial charge in [-0.25, -0.2) is 0 Å². The molecule has 0 radical (unpaired) electrons. The number of benzene rings is 1. The largest absolute Gasteiger partial charge is 0.494 e. The van der Waals surface area contributed by atoms with Crippen LogP contribution in [0.4, 0.5) is 0 Å². The standard InChI is InChI=1S/C14H19N5O3S/c1-10(8-21-2)15-13(20)9-23-14-16-17-18-19(14)11-6-4-5-7-12(11)22-3/h4-7,10H,8-9H2,1-3H3,(H,15,20)/t10-/m1/s1. The minimum atomic E-state index is -0.103. The predicted molar refractivity (Wildman–Crippen MR) is 85.9 cm³/mol. The summed E-state index contributed by atoms with van der Waals surface area (Å²) in [6.07, 6.45) is 0. The van der Waals surface area contributed by atoms with Gasteiger partial charge in [0.15, 0.2) is 0 Å². The SMILES string of the molecule is COC[C@@H](C)NC(=O)CSc1nnnn1-c1ccccc1OC. The van der Waals surface area contributed by atoms with Crippen molar-refractivity contribution in [3.63, 3.8) is 0 Å². The van der Waals surface area contributed by atoms with Crippen LogP contribution in [0.15, 0.2) is 29.4 Å². The average Bonchev–Trinajstić information content (AvgIpc) is 3.01. The van der Waals surface area contributed by atoms with Crippen molar-refractivity contribution in [2.45, 2.75) is 18.1 Å². The summed E-state index contributed by atoms with van der Waals surface area (Å²) >= 11 is 1.25. The van der Waals surface area contributed by atoms with Gasteiger partial charge >= 0.3 is 0 Å². The zero-order chi connectivity index (χ0) is 16.7. The molecule has 0 unspecified atom stereocenters. The van der Waals surface area contributed by atoms with Crippen LogP contribution >= 0.6 is 11.8 Å². The van der Waals surface area contributed by atoms with Gasteiger partial charge in [0, 0.05) is 13.2 Å². The fraction of sp³-hybridized carbons (Fsp3) is 0.429. The second-order valence-corrected chi connectivity index (χ2v) is 5.70. The van der Waals surface area contributed by atoms with Crippen molar-refractivity contribution in [3.05, 3.63) is 24.3 Å². The molecule has 8 nitrogen and oxygen atoms in total. The second-order valence-electron chi connectivity index (χ2n) is 4.76. The summed E-state index contributed by atoms with van der Waals surface area (Å²) in [5, 5.41) is 15.0. The van der Waals surface area contributed by atoms with E-state index < -0.39 is 0 Å². The van der Waals surface area contributed by atoms with E-state index in [0.717, 1.165) is 5.69 Å². The Balaban J connectivity index is 2.03. The van der Waals surface area contributed by atoms with E-state index in [9.17, 15) is 4.79 Å². The van der Waals surface area contributed by atoms with E-state index in [1.54, 1.807) is 18.9 Å². The van der Waals surface area contributed by atoms with Crippen molar-refractivity contribution in [1.82, 2.24) is 25.5 Å². The third-order valence-corrected chi connectivity index (χ3v) is 3.83. The molecule has 1 heterocycles. The Bertz CT molecular complexity index is 649. The molecule has 1 atom stereocenters. The fourth-order valence-electron chi connectivity index (χ4n) is 1.96. The number of rotatable bonds is 8. The first-order chi connectivity index (χ1) is 11.2. The number of nitrogens with zero attached hydrogens (tertiary/aromatic N) is 4. The lowest BCUT2D eigenvalue weighted by Gasteiger charge is -2.12. The number of hydrogen-bond donors (Lipinski definition) is 1. The highest BCUT2D eigenvalue weighted by Crippen LogP contribution is 2.25. The van der Waals surface area contributed by atoms with E-state index in [4.69, 9.17) is 9.47 Å². The van der Waals surface area contributed by atoms with Crippen LogP contribution in [0.3, 0.4) is 0 Å². The molecule has 1 N–H and O–H groups in total. The smallest absolute Gasteiger partial charge is 0.230 e. The molecule has 0 saturated heterocycles. The molecular formula is C14H19N5O3S. The van der Waals surface area contributed by atoms with Crippen molar-refractivity contribution in [3.8, 4) is 11.4 Å². The van der Waals surface area contributed by atoms with Gasteiger partial charge in [0.05, 0.1) is 19.5 Å². The third-order valence-electron chi connectivity index (χ3n) is 2.91. The van der Waals surface area contributed by atoms with Gasteiger partial charge in [0.2, 0.25) is 11.1 Å². The second kappa shape index (κ2) is 8.49. The van der Waals surface area contributed by atoms with Gasteiger partial charge in [-0.1, -0.05) is 23.9 Å². The van der Waals surface area contributed by atoms with Gasteiger partial charge in [-0.15, -0.1) is 5.10 Å². The number of ether oxygens (including phenoxy) is 2. The number of tetrazole rings is 1. The molecule has 0 fully saturated rings. The van der Waals surface area contributed by atoms with Crippen molar-refractivity contribution in [2.75, 3.05) is 26.6 Å². The monoisotopic (exact) mass is 337 g/mol. The minimum Gasteiger partial charge on any atom is -0.494 e. The minimum absolute atomic E-state index is 0.0432. The average molecular weight is 337 g/mol. The van der Waals surface area contributed by atoms with Gasteiger partial charge in [0.1, 0.15) is 11.4 Å². The van der Waals surface area contributed by atoms with Crippen molar-refractivity contribution >= 4 is 17.7 Å². The van der Waals surface area contributed by atoms with E-state index in [2.05, 4.69) is 20.8 Å². The zero-order valence-corrected chi connectivity index (χ0v) is 14.0. The Hall–Kier alpha value is -2.13. The molecule has 0 saturated carbocycles. The molecular weight excluding hydrogens is 318 g/mol. The first-order valence-corrected chi connectivity index (χ1v) is 7.97. The molecule has 1 aromatic carbocycles. The molecule has 0 aliphatic carbocycles. The molecule has 0 aliphatic heterocycles. The van der Waals surface area contributed by atoms with Crippen LogP contribution in [-0.2, 0) is 9.53 Å². The van der Waals surface area contributed by atoms with Gasteiger partial charge in [-0.05, 0) is 29.5 Å². The fourth-order valence-corrected chi connectivity index (χ4v) is 2.66. The lowest BCUT2D eigenvalue weighted by molar-refractivity contribution is -0.119. The number of methoxy groups -OCH3 is 2. The Labute approximate surface area is 138 Å². The summed E-state index contributed by atoms with van der Waals surface area (Å²) in [7, 11) is 3.18. The lowest BCUT2D eigenvalue weighted by Crippen LogP contribution is -2.36. The highest BCUT2D eigenvalue weighted by Gasteiger charge is 2.15. The number of carbonyl (C=O) groups is 1. The molecule has 1 amide bonds. The lowest BCUT2D eigenvalue weighted by atomic mass is 10.3. The van der Waals surface area contributed by atoms with E-state index in [1.165, 1.54) is 11.8 Å². The van der Waals surface area contributed by atoms with Gasteiger partial charge in [0.25, 0.3) is 0 Å². The van der Waals surface area contributed by atoms with Gasteiger partial charge in [-0.3, -0.25) is 4.79 Å². The quantitative estimate of drug-likeness (QED) is 0.716. The summed E-state index contributed by atoms with van der Waals surface area (Å²) in [6.45, 7) is 2.35. The topological polar surface area (TPSA) is 91.2 Å². The third kappa shape index (κ3) is 4.67. The number of nitrogens with one attached hydrogen (secondary N) is 1. The predicted octanol–water partition coefficient (Wildman–Crippen LogP) is 0.914. The van der Waals surface area contributed by atoms with Crippen molar-refractivity contribution in [2.24, 2.45) is 0 Å². The van der Waals surface area contributed by atoms with Crippen LogP contribution in [0.25, 0.3) is 5.69 Å². The maximum absolute atomic E-state index is 11.9. The van der Waals surface area contributed by atoms with E-state index in [1.807, 2.05) is 31.2 Å². The Morgan fingerprint density at radius 2 is 2.17 bits per heavy atom. The first-order valence-electron chi connectivity index (χ1n) is 6.98. The summed E-state index contributed by atoms with van der Waals surface area (Å²) in [4.78, 5) is 11.9. The van der Waals surface area contributed by atoms with Crippen LogP contribution in [0, 0.1) is 0 Å². The number of amides is 1. The molecule has 0 spiro atoms. The Morgan fingerprint density at radius 3 is 2.91 bits per heavy atom. The molecule has 23 heavy (non-hydrogen) atoms. The maximum Gasteiger partial charge on any atom is 0.230 e. The normalized spacial score (nSPS) is 12.0. The van der Waals surface area contributed by atoms with E-state index >= 15 is 0 Å². The summed E-state index contributed by atoms with van der Waals surface area (Å²) < 4.78 is 11.8. The van der Waals surface area contributed by atoms with Crippen LogP contribution in [0.1, 0.15) is 6.92 Å². The molecule has 124 valence electrons. The molecule has 1 aromatic heterocycles. The van der Waals surface area contributed by atoms with Crippen molar-refractivity contribution < 1.29 is 14.3 Å². The summed E-state index contributed by atoms with van der Waals surface area (Å²) in [5.41, 5.74) is 0.718. The Morgan fingerprint density at radius 1 is 1.39 bits per heavy atom. The summed E-state index contributed by atoms with van der Waals surface area (Å²) in [5.74, 6) is 0.762. The number of hydrogen-bond acceptors (Lipinski definition) is 7. The zero-order valence-electron chi connectivity index (χ0n) is 13.2. The molecule has 0 bridgehead atoms. The highest BCUT2D eigenvalue weighted by molar-refractivity contribution is 7.99. The van der Waals surface area contributed by atoms with Gasteiger partial charge in [-0.2, -0.15) is 4.68 Å². The highest BCUT2D eigenvalue weighted by atomic mass is 32.2. The van der Waals surface area contributed by atoms with E-state index in [0.29, 0.717) is 17.5 Å². The number of thioether (sulfide) groups is 1. The first kappa shape index (κ1) is 17.2. The van der Waals surface area contributed by atoms with Crippen LogP contribution in [0.2, 0.25) is 0 Å². The van der Waals surface area contributed by atoms with Crippen molar-refractivity contribution in [1.29, 1.82) is 0 Å². The maximum atomic E-state index is 11.9. The molecule has 2 rings (SSSR count). The molecule has 2 aromatic rings. The number of aromatic nitrogens is 4. The van der Waals surface area contributed by atoms with Crippen LogP contribution in [0.5, 0.6) is 5.75 Å². The van der Waals surface area contributed by atoms with Crippen LogP contribution in [-0.4, -0.2) is 58.7 Å².